The molecule has 92 valence electrons. The Balaban J connectivity index is 2.22. The highest BCUT2D eigenvalue weighted by Crippen LogP contribution is 2.22. The highest BCUT2D eigenvalue weighted by Gasteiger charge is 2.11. The first-order valence-corrected chi connectivity index (χ1v) is 6.36. The zero-order valence-electron chi connectivity index (χ0n) is 8.82. The average molecular weight is 347 g/mol. The number of halogens is 3. The molecule has 2 rings (SSSR count). The van der Waals surface area contributed by atoms with Crippen LogP contribution in [0.2, 0.25) is 10.2 Å². The normalized spacial score (nSPS) is 10.2. The Morgan fingerprint density at radius 2 is 2.06 bits per heavy atom. The predicted octanol–water partition coefficient (Wildman–Crippen LogP) is 3.80. The van der Waals surface area contributed by atoms with Crippen LogP contribution in [0.1, 0.15) is 10.4 Å². The van der Waals surface area contributed by atoms with Crippen LogP contribution in [0.25, 0.3) is 0 Å². The number of benzene rings is 1. The molecule has 1 heterocycles. The van der Waals surface area contributed by atoms with Gasteiger partial charge in [-0.15, -0.1) is 0 Å². The standard InChI is InChI=1S/C11H6BrCl2N3O/c12-8-5-6(13)1-2-7(8)10(18)17-11-15-4-3-9(14)16-11/h1-5H,(H,15,16,17,18). The lowest BCUT2D eigenvalue weighted by molar-refractivity contribution is 0.102. The van der Waals surface area contributed by atoms with Crippen molar-refractivity contribution in [3.8, 4) is 0 Å². The van der Waals surface area contributed by atoms with Gasteiger partial charge in [-0.3, -0.25) is 10.1 Å². The maximum Gasteiger partial charge on any atom is 0.259 e. The van der Waals surface area contributed by atoms with Gasteiger partial charge in [0, 0.05) is 15.7 Å². The summed E-state index contributed by atoms with van der Waals surface area (Å²) in [6, 6.07) is 6.39. The molecule has 0 aliphatic rings. The number of aromatic nitrogens is 2. The second-order valence-corrected chi connectivity index (χ2v) is 4.96. The second-order valence-electron chi connectivity index (χ2n) is 3.28. The Morgan fingerprint density at radius 1 is 1.28 bits per heavy atom. The second kappa shape index (κ2) is 5.65. The summed E-state index contributed by atoms with van der Waals surface area (Å²) in [6.07, 6.45) is 1.46. The first kappa shape index (κ1) is 13.3. The van der Waals surface area contributed by atoms with Gasteiger partial charge in [-0.05, 0) is 40.2 Å². The molecule has 0 aliphatic heterocycles. The van der Waals surface area contributed by atoms with Gasteiger partial charge >= 0.3 is 0 Å². The summed E-state index contributed by atoms with van der Waals surface area (Å²) in [5.74, 6) is -0.199. The van der Waals surface area contributed by atoms with Crippen LogP contribution in [0.3, 0.4) is 0 Å². The molecule has 7 heteroatoms. The third-order valence-corrected chi connectivity index (χ3v) is 3.12. The van der Waals surface area contributed by atoms with Gasteiger partial charge in [0.15, 0.2) is 0 Å². The van der Waals surface area contributed by atoms with Crippen molar-refractivity contribution < 1.29 is 4.79 Å². The summed E-state index contributed by atoms with van der Waals surface area (Å²) in [5.41, 5.74) is 0.433. The van der Waals surface area contributed by atoms with Gasteiger partial charge in [0.2, 0.25) is 5.95 Å². The van der Waals surface area contributed by atoms with E-state index in [9.17, 15) is 4.79 Å². The molecular weight excluding hydrogens is 341 g/mol. The molecule has 4 nitrogen and oxygen atoms in total. The van der Waals surface area contributed by atoms with Crippen LogP contribution in [0, 0.1) is 0 Å². The lowest BCUT2D eigenvalue weighted by atomic mass is 10.2. The van der Waals surface area contributed by atoms with Crippen molar-refractivity contribution in [1.82, 2.24) is 9.97 Å². The number of nitrogens with zero attached hydrogens (tertiary/aromatic N) is 2. The molecule has 18 heavy (non-hydrogen) atoms. The number of hydrogen-bond acceptors (Lipinski definition) is 3. The van der Waals surface area contributed by atoms with Gasteiger partial charge in [-0.25, -0.2) is 9.97 Å². The third-order valence-electron chi connectivity index (χ3n) is 2.02. The van der Waals surface area contributed by atoms with Crippen molar-refractivity contribution in [2.24, 2.45) is 0 Å². The van der Waals surface area contributed by atoms with Crippen LogP contribution in [0.5, 0.6) is 0 Å². The van der Waals surface area contributed by atoms with Crippen molar-refractivity contribution in [2.75, 3.05) is 5.32 Å². The maximum atomic E-state index is 12.0. The van der Waals surface area contributed by atoms with Gasteiger partial charge < -0.3 is 0 Å². The monoisotopic (exact) mass is 345 g/mol. The molecule has 0 saturated heterocycles. The molecule has 2 aromatic rings. The smallest absolute Gasteiger partial charge is 0.259 e. The van der Waals surface area contributed by atoms with Gasteiger partial charge in [0.25, 0.3) is 5.91 Å². The Hall–Kier alpha value is -1.17. The fourth-order valence-corrected chi connectivity index (χ4v) is 2.24. The number of carbonyl (C=O) groups excluding carboxylic acids is 1. The van der Waals surface area contributed by atoms with Crippen LogP contribution >= 0.6 is 39.1 Å². The van der Waals surface area contributed by atoms with Crippen molar-refractivity contribution >= 4 is 51.0 Å². The topological polar surface area (TPSA) is 54.9 Å². The molecule has 0 spiro atoms. The Kier molecular flexibility index (Phi) is 4.16. The first-order chi connectivity index (χ1) is 8.56. The molecule has 0 saturated carbocycles. The highest BCUT2D eigenvalue weighted by atomic mass is 79.9. The average Bonchev–Trinajstić information content (AvgIpc) is 2.28. The van der Waals surface area contributed by atoms with Gasteiger partial charge in [0.1, 0.15) is 5.15 Å². The maximum absolute atomic E-state index is 12.0. The predicted molar refractivity (Wildman–Crippen MR) is 74.1 cm³/mol. The summed E-state index contributed by atoms with van der Waals surface area (Å²) < 4.78 is 0.592. The van der Waals surface area contributed by atoms with Crippen LogP contribution in [-0.2, 0) is 0 Å². The molecule has 1 N–H and O–H groups in total. The summed E-state index contributed by atoms with van der Waals surface area (Å²) in [4.78, 5) is 19.7. The zero-order valence-corrected chi connectivity index (χ0v) is 11.9. The van der Waals surface area contributed by atoms with E-state index in [-0.39, 0.29) is 17.0 Å². The van der Waals surface area contributed by atoms with E-state index in [2.05, 4.69) is 31.2 Å². The Bertz CT molecular complexity index is 607. The lowest BCUT2D eigenvalue weighted by Gasteiger charge is -2.05. The van der Waals surface area contributed by atoms with E-state index in [1.807, 2.05) is 0 Å². The Morgan fingerprint density at radius 3 is 2.72 bits per heavy atom. The van der Waals surface area contributed by atoms with Gasteiger partial charge in [0.05, 0.1) is 5.56 Å². The molecule has 0 bridgehead atoms. The highest BCUT2D eigenvalue weighted by molar-refractivity contribution is 9.10. The molecule has 1 aromatic carbocycles. The van der Waals surface area contributed by atoms with Gasteiger partial charge in [-0.1, -0.05) is 23.2 Å². The fourth-order valence-electron chi connectivity index (χ4n) is 1.24. The summed E-state index contributed by atoms with van der Waals surface area (Å²) in [6.45, 7) is 0. The van der Waals surface area contributed by atoms with Crippen LogP contribution in [0.15, 0.2) is 34.9 Å². The first-order valence-electron chi connectivity index (χ1n) is 4.81. The summed E-state index contributed by atoms with van der Waals surface area (Å²) in [7, 11) is 0. The van der Waals surface area contributed by atoms with Crippen molar-refractivity contribution in [1.29, 1.82) is 0 Å². The van der Waals surface area contributed by atoms with Crippen LogP contribution in [0.4, 0.5) is 5.95 Å². The molecule has 1 aromatic heterocycles. The van der Waals surface area contributed by atoms with E-state index in [4.69, 9.17) is 23.2 Å². The van der Waals surface area contributed by atoms with E-state index in [0.29, 0.717) is 15.1 Å². The summed E-state index contributed by atoms with van der Waals surface area (Å²) >= 11 is 14.8. The van der Waals surface area contributed by atoms with E-state index in [1.165, 1.54) is 12.3 Å². The van der Waals surface area contributed by atoms with E-state index < -0.39 is 0 Å². The largest absolute Gasteiger partial charge is 0.290 e. The molecule has 0 unspecified atom stereocenters. The van der Waals surface area contributed by atoms with Crippen molar-refractivity contribution in [3.63, 3.8) is 0 Å². The quantitative estimate of drug-likeness (QED) is 0.841. The minimum absolute atomic E-state index is 0.148. The number of carbonyl (C=O) groups is 1. The minimum atomic E-state index is -0.346. The number of rotatable bonds is 2. The van der Waals surface area contributed by atoms with E-state index in [1.54, 1.807) is 18.2 Å². The molecule has 1 amide bonds. The number of nitrogens with one attached hydrogen (secondary N) is 1. The number of hydrogen-bond donors (Lipinski definition) is 1. The Labute approximate surface area is 121 Å². The fraction of sp³-hybridized carbons (Fsp3) is 0. The number of anilines is 1. The van der Waals surface area contributed by atoms with Gasteiger partial charge in [-0.2, -0.15) is 0 Å². The van der Waals surface area contributed by atoms with Crippen molar-refractivity contribution in [2.45, 2.75) is 0 Å². The molecular formula is C11H6BrCl2N3O. The minimum Gasteiger partial charge on any atom is -0.290 e. The van der Waals surface area contributed by atoms with E-state index >= 15 is 0 Å². The lowest BCUT2D eigenvalue weighted by Crippen LogP contribution is -2.14. The number of amides is 1. The van der Waals surface area contributed by atoms with Crippen molar-refractivity contribution in [3.05, 3.63) is 50.7 Å². The summed E-state index contributed by atoms with van der Waals surface area (Å²) in [5, 5.41) is 3.34. The third kappa shape index (κ3) is 3.19. The molecule has 0 radical (unpaired) electrons. The van der Waals surface area contributed by atoms with Crippen LogP contribution in [-0.4, -0.2) is 15.9 Å². The molecule has 0 fully saturated rings. The SMILES string of the molecule is O=C(Nc1nccc(Cl)n1)c1ccc(Cl)cc1Br. The zero-order chi connectivity index (χ0) is 13.1. The molecule has 0 atom stereocenters. The van der Waals surface area contributed by atoms with E-state index in [0.717, 1.165) is 0 Å². The van der Waals surface area contributed by atoms with Crippen LogP contribution < -0.4 is 5.32 Å². The molecule has 0 aliphatic carbocycles.